The van der Waals surface area contributed by atoms with Crippen molar-refractivity contribution in [3.63, 3.8) is 0 Å². The minimum Gasteiger partial charge on any atom is -0.233 e. The first-order chi connectivity index (χ1) is 13.3. The van der Waals surface area contributed by atoms with Crippen LogP contribution in [0.1, 0.15) is 28.8 Å². The van der Waals surface area contributed by atoms with Crippen molar-refractivity contribution >= 4 is 10.0 Å². The standard InChI is InChI=1S/C22H25N3O2S/c1-15-4-8-17(9-5-15)22-20-14-18(24-28(3,26)27)10-13-21(20)23-25(22)19-11-6-16(2)7-12-19/h4-9,11-12,18,24H,10,13-14H2,1-3H3. The van der Waals surface area contributed by atoms with Crippen LogP contribution in [0.4, 0.5) is 0 Å². The van der Waals surface area contributed by atoms with Crippen LogP contribution in [0.5, 0.6) is 0 Å². The Balaban J connectivity index is 1.84. The molecule has 2 aromatic carbocycles. The van der Waals surface area contributed by atoms with Gasteiger partial charge in [-0.25, -0.2) is 17.8 Å². The van der Waals surface area contributed by atoms with Crippen LogP contribution in [0.25, 0.3) is 16.9 Å². The largest absolute Gasteiger partial charge is 0.233 e. The van der Waals surface area contributed by atoms with Crippen molar-refractivity contribution < 1.29 is 8.42 Å². The molecule has 3 aromatic rings. The van der Waals surface area contributed by atoms with Crippen LogP contribution in [0.15, 0.2) is 48.5 Å². The minimum atomic E-state index is -3.24. The van der Waals surface area contributed by atoms with Gasteiger partial charge in [-0.3, -0.25) is 0 Å². The van der Waals surface area contributed by atoms with Crippen LogP contribution in [0, 0.1) is 13.8 Å². The lowest BCUT2D eigenvalue weighted by Gasteiger charge is -2.22. The van der Waals surface area contributed by atoms with Crippen LogP contribution in [-0.2, 0) is 22.9 Å². The molecule has 1 aromatic heterocycles. The fraction of sp³-hybridized carbons (Fsp3) is 0.318. The molecule has 0 fully saturated rings. The predicted molar refractivity (Wildman–Crippen MR) is 112 cm³/mol. The lowest BCUT2D eigenvalue weighted by atomic mass is 9.90. The molecule has 6 heteroatoms. The van der Waals surface area contributed by atoms with Crippen molar-refractivity contribution in [3.05, 3.63) is 70.9 Å². The highest BCUT2D eigenvalue weighted by Gasteiger charge is 2.28. The van der Waals surface area contributed by atoms with Crippen LogP contribution in [-0.4, -0.2) is 30.5 Å². The molecule has 1 heterocycles. The average Bonchev–Trinajstić information content (AvgIpc) is 3.00. The lowest BCUT2D eigenvalue weighted by molar-refractivity contribution is 0.508. The van der Waals surface area contributed by atoms with Crippen LogP contribution in [0.3, 0.4) is 0 Å². The summed E-state index contributed by atoms with van der Waals surface area (Å²) in [6.07, 6.45) is 3.40. The monoisotopic (exact) mass is 395 g/mol. The zero-order chi connectivity index (χ0) is 19.9. The van der Waals surface area contributed by atoms with E-state index in [9.17, 15) is 8.42 Å². The number of benzene rings is 2. The van der Waals surface area contributed by atoms with Gasteiger partial charge in [0.15, 0.2) is 0 Å². The number of aryl methyl sites for hydroxylation is 3. The maximum atomic E-state index is 11.7. The summed E-state index contributed by atoms with van der Waals surface area (Å²) in [5, 5.41) is 4.92. The first-order valence-electron chi connectivity index (χ1n) is 9.52. The second kappa shape index (κ2) is 7.18. The second-order valence-corrected chi connectivity index (χ2v) is 9.50. The summed E-state index contributed by atoms with van der Waals surface area (Å²) in [5.74, 6) is 0. The Morgan fingerprint density at radius 3 is 2.21 bits per heavy atom. The van der Waals surface area contributed by atoms with Gasteiger partial charge in [0.25, 0.3) is 0 Å². The molecule has 0 amide bonds. The molecule has 0 saturated heterocycles. The van der Waals surface area contributed by atoms with Crippen molar-refractivity contribution in [2.75, 3.05) is 6.26 Å². The molecular weight excluding hydrogens is 370 g/mol. The Labute approximate surface area is 166 Å². The Kier molecular flexibility index (Phi) is 4.85. The Morgan fingerprint density at radius 1 is 1.00 bits per heavy atom. The molecule has 1 N–H and O–H groups in total. The van der Waals surface area contributed by atoms with Gasteiger partial charge < -0.3 is 0 Å². The number of nitrogens with one attached hydrogen (secondary N) is 1. The number of hydrogen-bond donors (Lipinski definition) is 1. The van der Waals surface area contributed by atoms with E-state index < -0.39 is 10.0 Å². The highest BCUT2D eigenvalue weighted by Crippen LogP contribution is 2.34. The molecule has 5 nitrogen and oxygen atoms in total. The van der Waals surface area contributed by atoms with Gasteiger partial charge in [-0.15, -0.1) is 0 Å². The zero-order valence-corrected chi connectivity index (χ0v) is 17.3. The fourth-order valence-electron chi connectivity index (χ4n) is 3.85. The van der Waals surface area contributed by atoms with E-state index in [1.165, 1.54) is 17.4 Å². The van der Waals surface area contributed by atoms with E-state index in [0.717, 1.165) is 41.0 Å². The second-order valence-electron chi connectivity index (χ2n) is 7.72. The molecule has 0 aliphatic heterocycles. The fourth-order valence-corrected chi connectivity index (χ4v) is 4.66. The summed E-state index contributed by atoms with van der Waals surface area (Å²) >= 11 is 0. The number of fused-ring (bicyclic) bond motifs is 1. The number of hydrogen-bond acceptors (Lipinski definition) is 3. The molecule has 4 rings (SSSR count). The van der Waals surface area contributed by atoms with Crippen molar-refractivity contribution in [3.8, 4) is 16.9 Å². The number of sulfonamides is 1. The molecule has 0 spiro atoms. The van der Waals surface area contributed by atoms with E-state index in [2.05, 4.69) is 67.1 Å². The normalized spacial score (nSPS) is 16.8. The first kappa shape index (κ1) is 18.9. The molecule has 1 aliphatic carbocycles. The topological polar surface area (TPSA) is 64.0 Å². The number of rotatable bonds is 4. The van der Waals surface area contributed by atoms with E-state index in [-0.39, 0.29) is 6.04 Å². The molecule has 0 bridgehead atoms. The molecular formula is C22H25N3O2S. The summed E-state index contributed by atoms with van der Waals surface area (Å²) in [6.45, 7) is 4.14. The van der Waals surface area contributed by atoms with Crippen LogP contribution < -0.4 is 4.72 Å². The maximum absolute atomic E-state index is 11.7. The van der Waals surface area contributed by atoms with Gasteiger partial charge in [0.2, 0.25) is 10.0 Å². The van der Waals surface area contributed by atoms with Gasteiger partial charge in [-0.1, -0.05) is 47.5 Å². The van der Waals surface area contributed by atoms with Gasteiger partial charge in [-0.2, -0.15) is 5.10 Å². The van der Waals surface area contributed by atoms with E-state index in [1.54, 1.807) is 0 Å². The van der Waals surface area contributed by atoms with E-state index in [1.807, 2.05) is 4.68 Å². The smallest absolute Gasteiger partial charge is 0.208 e. The third kappa shape index (κ3) is 3.88. The highest BCUT2D eigenvalue weighted by molar-refractivity contribution is 7.88. The van der Waals surface area contributed by atoms with Crippen LogP contribution in [0.2, 0.25) is 0 Å². The van der Waals surface area contributed by atoms with Gasteiger partial charge in [-0.05, 0) is 45.2 Å². The quantitative estimate of drug-likeness (QED) is 0.735. The summed E-state index contributed by atoms with van der Waals surface area (Å²) in [4.78, 5) is 0. The molecule has 146 valence electrons. The highest BCUT2D eigenvalue weighted by atomic mass is 32.2. The van der Waals surface area contributed by atoms with Crippen LogP contribution >= 0.6 is 0 Å². The van der Waals surface area contributed by atoms with Crippen molar-refractivity contribution in [2.45, 2.75) is 39.2 Å². The number of aromatic nitrogens is 2. The summed E-state index contributed by atoms with van der Waals surface area (Å²) in [7, 11) is -3.24. The van der Waals surface area contributed by atoms with Crippen molar-refractivity contribution in [2.24, 2.45) is 0 Å². The van der Waals surface area contributed by atoms with Crippen molar-refractivity contribution in [1.82, 2.24) is 14.5 Å². The molecule has 1 unspecified atom stereocenters. The molecule has 1 atom stereocenters. The lowest BCUT2D eigenvalue weighted by Crippen LogP contribution is -2.38. The summed E-state index contributed by atoms with van der Waals surface area (Å²) < 4.78 is 28.3. The maximum Gasteiger partial charge on any atom is 0.208 e. The SMILES string of the molecule is Cc1ccc(-c2c3c(nn2-c2ccc(C)cc2)CCC(NS(C)(=O)=O)C3)cc1. The molecule has 0 radical (unpaired) electrons. The van der Waals surface area contributed by atoms with Gasteiger partial charge >= 0.3 is 0 Å². The zero-order valence-electron chi connectivity index (χ0n) is 16.4. The van der Waals surface area contributed by atoms with Crippen molar-refractivity contribution in [1.29, 1.82) is 0 Å². The molecule has 28 heavy (non-hydrogen) atoms. The predicted octanol–water partition coefficient (Wildman–Crippen LogP) is 3.56. The van der Waals surface area contributed by atoms with E-state index in [4.69, 9.17) is 5.10 Å². The third-order valence-corrected chi connectivity index (χ3v) is 5.99. The summed E-state index contributed by atoms with van der Waals surface area (Å²) in [6, 6.07) is 16.7. The van der Waals surface area contributed by atoms with Gasteiger partial charge in [0, 0.05) is 17.2 Å². The Bertz CT molecular complexity index is 1100. The minimum absolute atomic E-state index is 0.0950. The van der Waals surface area contributed by atoms with Gasteiger partial charge in [0.05, 0.1) is 23.3 Å². The van der Waals surface area contributed by atoms with E-state index in [0.29, 0.717) is 6.42 Å². The van der Waals surface area contributed by atoms with Gasteiger partial charge in [0.1, 0.15) is 0 Å². The Hall–Kier alpha value is -2.44. The first-order valence-corrected chi connectivity index (χ1v) is 11.4. The third-order valence-electron chi connectivity index (χ3n) is 5.23. The average molecular weight is 396 g/mol. The number of nitrogens with zero attached hydrogens (tertiary/aromatic N) is 2. The summed E-state index contributed by atoms with van der Waals surface area (Å²) in [5.41, 5.74) is 7.77. The molecule has 1 aliphatic rings. The van der Waals surface area contributed by atoms with E-state index >= 15 is 0 Å². The molecule has 0 saturated carbocycles. The Morgan fingerprint density at radius 2 is 1.61 bits per heavy atom.